The Morgan fingerprint density at radius 1 is 1.06 bits per heavy atom. The number of H-pyrrole nitrogens is 1. The summed E-state index contributed by atoms with van der Waals surface area (Å²) in [4.78, 5) is 22.7. The van der Waals surface area contributed by atoms with Gasteiger partial charge in [-0.25, -0.2) is 9.99 Å². The molecule has 0 bridgehead atoms. The fraction of sp³-hybridized carbons (Fsp3) is 0.304. The lowest BCUT2D eigenvalue weighted by atomic mass is 10.1. The highest BCUT2D eigenvalue weighted by atomic mass is 16.2. The van der Waals surface area contributed by atoms with Crippen LogP contribution in [0.25, 0.3) is 16.7 Å². The Hall–Kier alpha value is -3.56. The highest BCUT2D eigenvalue weighted by Gasteiger charge is 2.18. The van der Waals surface area contributed by atoms with E-state index in [1.54, 1.807) is 23.4 Å². The van der Waals surface area contributed by atoms with Gasteiger partial charge in [0.25, 0.3) is 0 Å². The van der Waals surface area contributed by atoms with E-state index in [-0.39, 0.29) is 5.91 Å². The second-order valence-corrected chi connectivity index (χ2v) is 8.05. The van der Waals surface area contributed by atoms with E-state index in [1.165, 1.54) is 5.56 Å². The normalized spacial score (nSPS) is 15.2. The number of nitrogens with one attached hydrogen (secondary N) is 2. The molecule has 32 heavy (non-hydrogen) atoms. The molecule has 3 aromatic heterocycles. The lowest BCUT2D eigenvalue weighted by Crippen LogP contribution is -2.53. The van der Waals surface area contributed by atoms with Crippen LogP contribution in [0.1, 0.15) is 17.5 Å². The summed E-state index contributed by atoms with van der Waals surface area (Å²) in [6, 6.07) is 12.5. The van der Waals surface area contributed by atoms with Crippen LogP contribution in [0.2, 0.25) is 0 Å². The van der Waals surface area contributed by atoms with Gasteiger partial charge in [-0.3, -0.25) is 19.7 Å². The first-order chi connectivity index (χ1) is 15.7. The zero-order chi connectivity index (χ0) is 21.8. The summed E-state index contributed by atoms with van der Waals surface area (Å²) in [5.74, 6) is 0.796. The summed E-state index contributed by atoms with van der Waals surface area (Å²) >= 11 is 0. The van der Waals surface area contributed by atoms with Crippen molar-refractivity contribution in [2.45, 2.75) is 19.4 Å². The summed E-state index contributed by atoms with van der Waals surface area (Å²) in [6.07, 6.45) is 8.08. The van der Waals surface area contributed by atoms with E-state index < -0.39 is 0 Å². The highest BCUT2D eigenvalue weighted by Crippen LogP contribution is 2.21. The summed E-state index contributed by atoms with van der Waals surface area (Å²) in [6.45, 7) is 4.50. The molecule has 0 atom stereocenters. The van der Waals surface area contributed by atoms with Crippen molar-refractivity contribution >= 4 is 16.8 Å². The van der Waals surface area contributed by atoms with Gasteiger partial charge in [0, 0.05) is 50.7 Å². The topological polar surface area (TPSA) is 95.0 Å². The zero-order valence-corrected chi connectivity index (χ0v) is 17.8. The molecule has 164 valence electrons. The number of hydrogen-bond acceptors (Lipinski definition) is 6. The lowest BCUT2D eigenvalue weighted by Gasteiger charge is -2.34. The fourth-order valence-corrected chi connectivity index (χ4v) is 4.07. The lowest BCUT2D eigenvalue weighted by molar-refractivity contribution is -0.126. The molecule has 2 N–H and O–H groups in total. The van der Waals surface area contributed by atoms with Crippen LogP contribution in [0, 0.1) is 0 Å². The summed E-state index contributed by atoms with van der Waals surface area (Å²) < 4.78 is 1.76. The molecule has 9 nitrogen and oxygen atoms in total. The molecule has 0 unspecified atom stereocenters. The number of pyridine rings is 1. The van der Waals surface area contributed by atoms with E-state index in [4.69, 9.17) is 0 Å². The number of rotatable bonds is 7. The Kier molecular flexibility index (Phi) is 5.91. The van der Waals surface area contributed by atoms with Crippen LogP contribution >= 0.6 is 0 Å². The van der Waals surface area contributed by atoms with Gasteiger partial charge in [0.15, 0.2) is 0 Å². The molecule has 4 heterocycles. The van der Waals surface area contributed by atoms with E-state index in [0.29, 0.717) is 12.8 Å². The number of carbonyl (C=O) groups is 1. The minimum absolute atomic E-state index is 0.0453. The number of hydrogen-bond donors (Lipinski definition) is 2. The van der Waals surface area contributed by atoms with E-state index in [9.17, 15) is 4.79 Å². The summed E-state index contributed by atoms with van der Waals surface area (Å²) in [7, 11) is 0. The first kappa shape index (κ1) is 20.3. The molecule has 1 aromatic carbocycles. The van der Waals surface area contributed by atoms with Crippen LogP contribution in [0.4, 0.5) is 0 Å². The van der Waals surface area contributed by atoms with Crippen LogP contribution in [0.5, 0.6) is 0 Å². The number of benzene rings is 1. The van der Waals surface area contributed by atoms with Crippen molar-refractivity contribution in [1.29, 1.82) is 0 Å². The zero-order valence-electron chi connectivity index (χ0n) is 17.8. The largest absolute Gasteiger partial charge is 0.360 e. The van der Waals surface area contributed by atoms with Gasteiger partial charge in [-0.1, -0.05) is 30.3 Å². The maximum absolute atomic E-state index is 12.6. The number of fused-ring (bicyclic) bond motifs is 1. The van der Waals surface area contributed by atoms with Gasteiger partial charge in [0.1, 0.15) is 18.5 Å². The Labute approximate surface area is 186 Å². The number of hydrazine groups is 1. The predicted molar refractivity (Wildman–Crippen MR) is 121 cm³/mol. The Bertz CT molecular complexity index is 1160. The third kappa shape index (κ3) is 4.68. The Morgan fingerprint density at radius 2 is 1.84 bits per heavy atom. The second-order valence-electron chi connectivity index (χ2n) is 8.05. The van der Waals surface area contributed by atoms with Crippen molar-refractivity contribution in [2.24, 2.45) is 0 Å². The Morgan fingerprint density at radius 3 is 2.62 bits per heavy atom. The molecule has 0 spiro atoms. The molecule has 1 aliphatic rings. The molecule has 9 heteroatoms. The van der Waals surface area contributed by atoms with Gasteiger partial charge in [0.05, 0.1) is 11.7 Å². The number of amides is 1. The van der Waals surface area contributed by atoms with Crippen molar-refractivity contribution < 1.29 is 4.79 Å². The van der Waals surface area contributed by atoms with Gasteiger partial charge in [-0.15, -0.1) is 10.2 Å². The van der Waals surface area contributed by atoms with Crippen molar-refractivity contribution in [1.82, 2.24) is 40.1 Å². The first-order valence-corrected chi connectivity index (χ1v) is 10.9. The van der Waals surface area contributed by atoms with E-state index >= 15 is 0 Å². The number of piperazine rings is 1. The number of aryl methyl sites for hydroxylation is 1. The van der Waals surface area contributed by atoms with Crippen molar-refractivity contribution in [3.63, 3.8) is 0 Å². The van der Waals surface area contributed by atoms with Crippen molar-refractivity contribution in [3.8, 4) is 5.82 Å². The van der Waals surface area contributed by atoms with Crippen molar-refractivity contribution in [3.05, 3.63) is 72.6 Å². The average Bonchev–Trinajstić information content (AvgIpc) is 3.50. The van der Waals surface area contributed by atoms with E-state index in [2.05, 4.69) is 54.8 Å². The number of carbonyl (C=O) groups excluding carboxylic acids is 1. The van der Waals surface area contributed by atoms with E-state index in [1.807, 2.05) is 23.3 Å². The van der Waals surface area contributed by atoms with Crippen LogP contribution in [-0.2, 0) is 17.8 Å². The second kappa shape index (κ2) is 9.29. The molecule has 1 saturated heterocycles. The molecule has 4 aromatic rings. The molecule has 0 aliphatic carbocycles. The maximum atomic E-state index is 12.6. The van der Waals surface area contributed by atoms with Gasteiger partial charge in [-0.2, -0.15) is 0 Å². The highest BCUT2D eigenvalue weighted by molar-refractivity contribution is 5.84. The molecular formula is C23H26N8O. The molecule has 1 aliphatic heterocycles. The third-order valence-corrected chi connectivity index (χ3v) is 5.85. The minimum atomic E-state index is 0.0453. The standard InChI is InChI=1S/C23H26N8O/c32-23(28-31-10-8-29(9-11-31)15-18-4-2-1-3-5-18)7-6-19-13-24-21-14-25-22(12-20(19)21)30-16-26-27-17-30/h1-5,12-14,16-17,24H,6-11,15H2,(H,28,32). The van der Waals surface area contributed by atoms with Crippen LogP contribution in [-0.4, -0.2) is 66.7 Å². The molecule has 0 saturated carbocycles. The number of nitrogens with zero attached hydrogens (tertiary/aromatic N) is 6. The monoisotopic (exact) mass is 430 g/mol. The average molecular weight is 431 g/mol. The minimum Gasteiger partial charge on any atom is -0.360 e. The van der Waals surface area contributed by atoms with Gasteiger partial charge in [-0.05, 0) is 23.6 Å². The quantitative estimate of drug-likeness (QED) is 0.465. The number of aromatic amines is 1. The smallest absolute Gasteiger partial charge is 0.234 e. The molecule has 0 radical (unpaired) electrons. The van der Waals surface area contributed by atoms with Crippen LogP contribution < -0.4 is 5.43 Å². The maximum Gasteiger partial charge on any atom is 0.234 e. The van der Waals surface area contributed by atoms with Crippen LogP contribution in [0.3, 0.4) is 0 Å². The molecule has 1 fully saturated rings. The Balaban J connectivity index is 1.12. The summed E-state index contributed by atoms with van der Waals surface area (Å²) in [5, 5.41) is 10.8. The van der Waals surface area contributed by atoms with Gasteiger partial charge >= 0.3 is 0 Å². The van der Waals surface area contributed by atoms with Crippen molar-refractivity contribution in [2.75, 3.05) is 26.2 Å². The SMILES string of the molecule is O=C(CCc1c[nH]c2cnc(-n3cnnc3)cc12)NN1CCN(Cc2ccccc2)CC1. The number of aromatic nitrogens is 5. The molecule has 1 amide bonds. The first-order valence-electron chi connectivity index (χ1n) is 10.9. The van der Waals surface area contributed by atoms with Gasteiger partial charge < -0.3 is 4.98 Å². The predicted octanol–water partition coefficient (Wildman–Crippen LogP) is 1.93. The van der Waals surface area contributed by atoms with E-state index in [0.717, 1.165) is 55.0 Å². The fourth-order valence-electron chi connectivity index (χ4n) is 4.07. The van der Waals surface area contributed by atoms with Crippen LogP contribution in [0.15, 0.2) is 61.4 Å². The molecular weight excluding hydrogens is 404 g/mol. The van der Waals surface area contributed by atoms with Gasteiger partial charge in [0.2, 0.25) is 5.91 Å². The third-order valence-electron chi connectivity index (χ3n) is 5.85. The molecule has 5 rings (SSSR count). The summed E-state index contributed by atoms with van der Waals surface area (Å²) in [5.41, 5.74) is 6.44.